The fourth-order valence-electron chi connectivity index (χ4n) is 4.79. The van der Waals surface area contributed by atoms with Crippen LogP contribution in [0.4, 0.5) is 5.69 Å². The monoisotopic (exact) mass is 480 g/mol. The van der Waals surface area contributed by atoms with E-state index in [1.165, 1.54) is 37.7 Å². The van der Waals surface area contributed by atoms with Crippen molar-refractivity contribution in [3.8, 4) is 0 Å². The summed E-state index contributed by atoms with van der Waals surface area (Å²) in [5, 5.41) is 4.28. The van der Waals surface area contributed by atoms with Gasteiger partial charge in [-0.05, 0) is 73.1 Å². The summed E-state index contributed by atoms with van der Waals surface area (Å²) < 4.78 is 3.48. The summed E-state index contributed by atoms with van der Waals surface area (Å²) in [6, 6.07) is 17.4. The SMILES string of the molecule is S=C1N[C@@H](c2ccccn2)[C@H](c2ccn(C3CCCCC3)c2)N1c1ccc(Br)cc1. The number of hydrogen-bond acceptors (Lipinski definition) is 2. The minimum Gasteiger partial charge on any atom is -0.351 e. The smallest absolute Gasteiger partial charge is 0.174 e. The summed E-state index contributed by atoms with van der Waals surface area (Å²) in [6.45, 7) is 0. The number of nitrogens with one attached hydrogen (secondary N) is 1. The lowest BCUT2D eigenvalue weighted by Gasteiger charge is -2.28. The van der Waals surface area contributed by atoms with E-state index in [4.69, 9.17) is 12.2 Å². The second-order valence-corrected chi connectivity index (χ2v) is 9.46. The van der Waals surface area contributed by atoms with Crippen molar-refractivity contribution in [3.05, 3.63) is 82.9 Å². The fraction of sp³-hybridized carbons (Fsp3) is 0.333. The first-order valence-corrected chi connectivity index (χ1v) is 11.8. The second-order valence-electron chi connectivity index (χ2n) is 8.16. The van der Waals surface area contributed by atoms with Crippen LogP contribution in [-0.4, -0.2) is 14.7 Å². The number of anilines is 1. The van der Waals surface area contributed by atoms with E-state index in [0.29, 0.717) is 6.04 Å². The molecule has 4 nitrogen and oxygen atoms in total. The molecule has 0 unspecified atom stereocenters. The molecule has 0 bridgehead atoms. The topological polar surface area (TPSA) is 33.1 Å². The van der Waals surface area contributed by atoms with Gasteiger partial charge in [0.1, 0.15) is 0 Å². The molecule has 0 amide bonds. The molecule has 0 radical (unpaired) electrons. The van der Waals surface area contributed by atoms with E-state index in [1.807, 2.05) is 18.3 Å². The first-order valence-electron chi connectivity index (χ1n) is 10.6. The van der Waals surface area contributed by atoms with E-state index >= 15 is 0 Å². The van der Waals surface area contributed by atoms with Crippen LogP contribution in [0, 0.1) is 0 Å². The first-order chi connectivity index (χ1) is 14.7. The molecule has 2 fully saturated rings. The Hall–Kier alpha value is -2.18. The van der Waals surface area contributed by atoms with Crippen molar-refractivity contribution in [1.29, 1.82) is 0 Å². The van der Waals surface area contributed by atoms with Gasteiger partial charge in [0.15, 0.2) is 5.11 Å². The zero-order valence-corrected chi connectivity index (χ0v) is 19.1. The van der Waals surface area contributed by atoms with Crippen LogP contribution >= 0.6 is 28.1 Å². The van der Waals surface area contributed by atoms with Crippen molar-refractivity contribution in [1.82, 2.24) is 14.9 Å². The van der Waals surface area contributed by atoms with Crippen molar-refractivity contribution in [2.45, 2.75) is 50.2 Å². The van der Waals surface area contributed by atoms with E-state index in [1.54, 1.807) is 0 Å². The molecule has 1 saturated heterocycles. The quantitative estimate of drug-likeness (QED) is 0.442. The molecule has 3 aromatic rings. The third-order valence-corrected chi connectivity index (χ3v) is 7.12. The molecule has 1 aliphatic carbocycles. The fourth-order valence-corrected chi connectivity index (χ4v) is 5.40. The van der Waals surface area contributed by atoms with Crippen LogP contribution in [0.2, 0.25) is 0 Å². The highest BCUT2D eigenvalue weighted by molar-refractivity contribution is 9.10. The molecule has 2 aromatic heterocycles. The molecular weight excluding hydrogens is 456 g/mol. The Morgan fingerprint density at radius 3 is 2.53 bits per heavy atom. The molecule has 6 heteroatoms. The standard InChI is InChI=1S/C24H25BrN4S/c25-18-9-11-20(12-10-18)29-23(22(27-24(29)30)21-8-4-5-14-26-21)17-13-15-28(16-17)19-6-2-1-3-7-19/h4-5,8-16,19,22-23H,1-3,6-7H2,(H,27,30)/t22-,23-/m0/s1. The molecule has 1 N–H and O–H groups in total. The molecule has 5 rings (SSSR count). The lowest BCUT2D eigenvalue weighted by molar-refractivity contribution is 0.353. The number of hydrogen-bond donors (Lipinski definition) is 1. The maximum Gasteiger partial charge on any atom is 0.174 e. The van der Waals surface area contributed by atoms with Crippen LogP contribution in [0.15, 0.2) is 71.6 Å². The van der Waals surface area contributed by atoms with Gasteiger partial charge in [0.25, 0.3) is 0 Å². The van der Waals surface area contributed by atoms with Crippen molar-refractivity contribution < 1.29 is 0 Å². The van der Waals surface area contributed by atoms with Gasteiger partial charge in [-0.25, -0.2) is 0 Å². The minimum atomic E-state index is 0.00422. The Labute approximate surface area is 191 Å². The molecule has 1 aromatic carbocycles. The average Bonchev–Trinajstić information content (AvgIpc) is 3.40. The van der Waals surface area contributed by atoms with Gasteiger partial charge in [0.2, 0.25) is 0 Å². The minimum absolute atomic E-state index is 0.00422. The predicted molar refractivity (Wildman–Crippen MR) is 129 cm³/mol. The van der Waals surface area contributed by atoms with Crippen molar-refractivity contribution >= 4 is 38.9 Å². The molecule has 0 spiro atoms. The maximum absolute atomic E-state index is 5.81. The van der Waals surface area contributed by atoms with E-state index in [9.17, 15) is 0 Å². The van der Waals surface area contributed by atoms with Crippen LogP contribution in [0.25, 0.3) is 0 Å². The number of thiocarbonyl (C=S) groups is 1. The van der Waals surface area contributed by atoms with Gasteiger partial charge in [-0.1, -0.05) is 41.3 Å². The van der Waals surface area contributed by atoms with Crippen molar-refractivity contribution in [2.75, 3.05) is 4.90 Å². The van der Waals surface area contributed by atoms with Gasteiger partial charge in [-0.2, -0.15) is 0 Å². The van der Waals surface area contributed by atoms with Gasteiger partial charge in [-0.15, -0.1) is 0 Å². The number of nitrogens with zero attached hydrogens (tertiary/aromatic N) is 3. The summed E-state index contributed by atoms with van der Waals surface area (Å²) >= 11 is 9.35. The lowest BCUT2D eigenvalue weighted by atomic mass is 9.95. The summed E-state index contributed by atoms with van der Waals surface area (Å²) in [4.78, 5) is 6.88. The van der Waals surface area contributed by atoms with Gasteiger partial charge in [0.05, 0.1) is 17.8 Å². The number of rotatable bonds is 4. The number of pyridine rings is 1. The van der Waals surface area contributed by atoms with Crippen LogP contribution in [0.1, 0.15) is 61.5 Å². The summed E-state index contributed by atoms with van der Waals surface area (Å²) in [7, 11) is 0. The van der Waals surface area contributed by atoms with Crippen LogP contribution < -0.4 is 10.2 Å². The summed E-state index contributed by atoms with van der Waals surface area (Å²) in [6.07, 6.45) is 13.0. The van der Waals surface area contributed by atoms with E-state index in [2.05, 4.69) is 84.5 Å². The third-order valence-electron chi connectivity index (χ3n) is 6.28. The highest BCUT2D eigenvalue weighted by Gasteiger charge is 2.41. The van der Waals surface area contributed by atoms with Crippen molar-refractivity contribution in [2.24, 2.45) is 0 Å². The summed E-state index contributed by atoms with van der Waals surface area (Å²) in [5.74, 6) is 0. The van der Waals surface area contributed by atoms with Gasteiger partial charge in [-0.3, -0.25) is 4.98 Å². The zero-order chi connectivity index (χ0) is 20.5. The zero-order valence-electron chi connectivity index (χ0n) is 16.7. The number of halogens is 1. The normalized spacial score (nSPS) is 22.3. The second kappa shape index (κ2) is 8.52. The third kappa shape index (κ3) is 3.79. The Kier molecular flexibility index (Phi) is 5.61. The first kappa shape index (κ1) is 19.8. The highest BCUT2D eigenvalue weighted by atomic mass is 79.9. The average molecular weight is 481 g/mol. The predicted octanol–water partition coefficient (Wildman–Crippen LogP) is 6.33. The van der Waals surface area contributed by atoms with Crippen LogP contribution in [0.3, 0.4) is 0 Å². The Morgan fingerprint density at radius 1 is 1.00 bits per heavy atom. The Balaban J connectivity index is 1.54. The highest BCUT2D eigenvalue weighted by Crippen LogP contribution is 2.42. The molecular formula is C24H25BrN4S. The van der Waals surface area contributed by atoms with Gasteiger partial charge < -0.3 is 14.8 Å². The van der Waals surface area contributed by atoms with E-state index in [0.717, 1.165) is 21.0 Å². The molecule has 154 valence electrons. The molecule has 1 saturated carbocycles. The summed E-state index contributed by atoms with van der Waals surface area (Å²) in [5.41, 5.74) is 3.37. The molecule has 3 heterocycles. The van der Waals surface area contributed by atoms with Crippen molar-refractivity contribution in [3.63, 3.8) is 0 Å². The van der Waals surface area contributed by atoms with Gasteiger partial charge >= 0.3 is 0 Å². The maximum atomic E-state index is 5.81. The van der Waals surface area contributed by atoms with Crippen LogP contribution in [0.5, 0.6) is 0 Å². The molecule has 30 heavy (non-hydrogen) atoms. The molecule has 1 aliphatic heterocycles. The molecule has 2 aliphatic rings. The lowest BCUT2D eigenvalue weighted by Crippen LogP contribution is -2.29. The Morgan fingerprint density at radius 2 is 1.80 bits per heavy atom. The van der Waals surface area contributed by atoms with Gasteiger partial charge in [0, 0.05) is 34.8 Å². The largest absolute Gasteiger partial charge is 0.351 e. The Bertz CT molecular complexity index is 1010. The number of aromatic nitrogens is 2. The van der Waals surface area contributed by atoms with E-state index < -0.39 is 0 Å². The molecule has 2 atom stereocenters. The number of benzene rings is 1. The van der Waals surface area contributed by atoms with Crippen LogP contribution in [-0.2, 0) is 0 Å². The van der Waals surface area contributed by atoms with E-state index in [-0.39, 0.29) is 12.1 Å².